The predicted molar refractivity (Wildman–Crippen MR) is 131 cm³/mol. The molecule has 3 N–H and O–H groups in total. The molecular weight excluding hydrogens is 488 g/mol. The van der Waals surface area contributed by atoms with E-state index < -0.39 is 17.6 Å². The van der Waals surface area contributed by atoms with E-state index in [2.05, 4.69) is 5.32 Å². The minimum absolute atomic E-state index is 0.00763. The Morgan fingerprint density at radius 2 is 1.84 bits per heavy atom. The van der Waals surface area contributed by atoms with E-state index in [4.69, 9.17) is 25.1 Å². The van der Waals surface area contributed by atoms with Crippen molar-refractivity contribution in [1.29, 1.82) is 5.26 Å². The first kappa shape index (κ1) is 27.0. The van der Waals surface area contributed by atoms with Crippen molar-refractivity contribution in [3.05, 3.63) is 70.1 Å². The van der Waals surface area contributed by atoms with E-state index in [9.17, 15) is 18.7 Å². The predicted octanol–water partition coefficient (Wildman–Crippen LogP) is 4.21. The third-order valence-corrected chi connectivity index (χ3v) is 5.70. The Morgan fingerprint density at radius 3 is 2.46 bits per heavy atom. The van der Waals surface area contributed by atoms with E-state index in [0.717, 1.165) is 19.0 Å². The monoisotopic (exact) mass is 511 g/mol. The summed E-state index contributed by atoms with van der Waals surface area (Å²) < 4.78 is 34.1. The average molecular weight is 511 g/mol. The van der Waals surface area contributed by atoms with Gasteiger partial charge < -0.3 is 25.3 Å². The number of aromatic carboxylic acids is 1. The van der Waals surface area contributed by atoms with Crippen molar-refractivity contribution in [3.8, 4) is 34.2 Å². The van der Waals surface area contributed by atoms with Crippen molar-refractivity contribution in [2.45, 2.75) is 6.42 Å². The Kier molecular flexibility index (Phi) is 9.01. The highest BCUT2D eigenvalue weighted by molar-refractivity contribution is 6.01. The summed E-state index contributed by atoms with van der Waals surface area (Å²) in [5.41, 5.74) is 0.627. The Hall–Kier alpha value is -4.63. The highest BCUT2D eigenvalue weighted by Crippen LogP contribution is 2.38. The van der Waals surface area contributed by atoms with Crippen LogP contribution in [0, 0.1) is 27.9 Å². The van der Waals surface area contributed by atoms with E-state index in [-0.39, 0.29) is 39.3 Å². The van der Waals surface area contributed by atoms with E-state index >= 15 is 0 Å². The minimum Gasteiger partial charge on any atom is -0.494 e. The van der Waals surface area contributed by atoms with Crippen LogP contribution in [0.4, 0.5) is 14.6 Å². The second-order valence-electron chi connectivity index (χ2n) is 7.88. The zero-order valence-corrected chi connectivity index (χ0v) is 19.7. The molecule has 1 aromatic heterocycles. The molecule has 0 atom stereocenters. The summed E-state index contributed by atoms with van der Waals surface area (Å²) in [7, 11) is 1.33. The van der Waals surface area contributed by atoms with Crippen molar-refractivity contribution in [3.63, 3.8) is 0 Å². The Morgan fingerprint density at radius 1 is 1.14 bits per heavy atom. The largest absolute Gasteiger partial charge is 0.494 e. The van der Waals surface area contributed by atoms with Gasteiger partial charge in [0.1, 0.15) is 17.7 Å². The molecule has 0 bridgehead atoms. The molecule has 0 amide bonds. The topological polar surface area (TPSA) is 148 Å². The van der Waals surface area contributed by atoms with Gasteiger partial charge in [0.05, 0.1) is 23.9 Å². The number of rotatable bonds is 5. The van der Waals surface area contributed by atoms with Gasteiger partial charge >= 0.3 is 5.97 Å². The Labute approximate surface area is 210 Å². The van der Waals surface area contributed by atoms with Gasteiger partial charge in [0.15, 0.2) is 16.9 Å². The van der Waals surface area contributed by atoms with Crippen molar-refractivity contribution in [2.24, 2.45) is 5.34 Å². The lowest BCUT2D eigenvalue weighted by molar-refractivity contribution is 0.0697. The van der Waals surface area contributed by atoms with Crippen LogP contribution in [0.2, 0.25) is 0 Å². The van der Waals surface area contributed by atoms with Crippen molar-refractivity contribution in [2.75, 3.05) is 38.2 Å². The summed E-state index contributed by atoms with van der Waals surface area (Å²) in [5, 5.41) is 30.4. The molecule has 0 aliphatic carbocycles. The lowest BCUT2D eigenvalue weighted by Gasteiger charge is -2.24. The zero-order valence-electron chi connectivity index (χ0n) is 19.7. The second-order valence-corrected chi connectivity index (χ2v) is 7.88. The molecule has 2 aromatic carbocycles. The SMILES string of the molecule is COc1ccc(-c2c(C(=O)O)cc(N3CCCNCC3)nc2-c2ccc(C#N)c(F)c2)cc1F.O=NO. The van der Waals surface area contributed by atoms with Gasteiger partial charge in [0.25, 0.3) is 0 Å². The molecule has 2 heterocycles. The molecule has 3 aromatic rings. The van der Waals surface area contributed by atoms with Crippen LogP contribution in [-0.4, -0.2) is 54.6 Å². The first-order chi connectivity index (χ1) is 17.8. The molecule has 12 heteroatoms. The average Bonchev–Trinajstić information content (AvgIpc) is 3.18. The number of aromatic nitrogens is 1. The molecule has 0 radical (unpaired) electrons. The van der Waals surface area contributed by atoms with Gasteiger partial charge in [-0.15, -0.1) is 4.91 Å². The number of ether oxygens (including phenoxy) is 1. The van der Waals surface area contributed by atoms with Gasteiger partial charge in [0.2, 0.25) is 0 Å². The number of methoxy groups -OCH3 is 1. The van der Waals surface area contributed by atoms with Gasteiger partial charge in [-0.05, 0) is 48.9 Å². The van der Waals surface area contributed by atoms with E-state index in [1.54, 1.807) is 6.07 Å². The Bertz CT molecular complexity index is 1340. The maximum Gasteiger partial charge on any atom is 0.336 e. The molecule has 0 spiro atoms. The molecule has 1 saturated heterocycles. The first-order valence-corrected chi connectivity index (χ1v) is 11.1. The number of pyridine rings is 1. The number of carboxylic acid groups (broad SMARTS) is 1. The third-order valence-electron chi connectivity index (χ3n) is 5.70. The molecule has 4 rings (SSSR count). The number of hydrogen-bond donors (Lipinski definition) is 3. The fourth-order valence-electron chi connectivity index (χ4n) is 4.01. The summed E-state index contributed by atoms with van der Waals surface area (Å²) in [6.07, 6.45) is 0.844. The second kappa shape index (κ2) is 12.4. The molecule has 1 aliphatic rings. The molecular formula is C25H23F2N5O5. The van der Waals surface area contributed by atoms with Crippen LogP contribution in [0.25, 0.3) is 22.4 Å². The summed E-state index contributed by atoms with van der Waals surface area (Å²) in [4.78, 5) is 27.2. The van der Waals surface area contributed by atoms with E-state index in [1.807, 2.05) is 4.90 Å². The first-order valence-electron chi connectivity index (χ1n) is 11.1. The Balaban J connectivity index is 0.00000121. The number of nitrogens with zero attached hydrogens (tertiary/aromatic N) is 4. The molecule has 1 aliphatic heterocycles. The number of carboxylic acids is 1. The fraction of sp³-hybridized carbons (Fsp3) is 0.240. The molecule has 10 nitrogen and oxygen atoms in total. The van der Waals surface area contributed by atoms with Crippen LogP contribution in [0.15, 0.2) is 47.8 Å². The third kappa shape index (κ3) is 6.14. The zero-order chi connectivity index (χ0) is 26.9. The van der Waals surface area contributed by atoms with Crippen LogP contribution in [0.5, 0.6) is 5.75 Å². The minimum atomic E-state index is -1.22. The number of anilines is 1. The van der Waals surface area contributed by atoms with Gasteiger partial charge in [-0.25, -0.2) is 18.6 Å². The number of nitriles is 1. The maximum atomic E-state index is 14.6. The summed E-state index contributed by atoms with van der Waals surface area (Å²) >= 11 is 0. The van der Waals surface area contributed by atoms with E-state index in [0.29, 0.717) is 25.5 Å². The van der Waals surface area contributed by atoms with Crippen molar-refractivity contribution in [1.82, 2.24) is 10.3 Å². The van der Waals surface area contributed by atoms with Gasteiger partial charge in [-0.2, -0.15) is 5.26 Å². The molecule has 37 heavy (non-hydrogen) atoms. The molecule has 1 fully saturated rings. The standard InChI is InChI=1S/C25H22F2N4O3.HNO2/c1-34-21-6-5-15(11-20(21)27)23-18(25(32)33)13-22(31-9-2-7-29-8-10-31)30-24(23)16-3-4-17(14-28)19(26)12-16;2-1-3/h3-6,11-13,29H,2,7-10H2,1H3,(H,32,33);(H,2,3). The van der Waals surface area contributed by atoms with Crippen LogP contribution < -0.4 is 15.0 Å². The summed E-state index contributed by atoms with van der Waals surface area (Å²) in [5.74, 6) is -2.21. The van der Waals surface area contributed by atoms with Gasteiger partial charge in [-0.1, -0.05) is 12.1 Å². The number of benzene rings is 2. The van der Waals surface area contributed by atoms with Crippen molar-refractivity contribution < 1.29 is 28.6 Å². The molecule has 0 saturated carbocycles. The highest BCUT2D eigenvalue weighted by atomic mass is 19.1. The van der Waals surface area contributed by atoms with Crippen LogP contribution in [0.1, 0.15) is 22.3 Å². The lowest BCUT2D eigenvalue weighted by atomic mass is 9.93. The van der Waals surface area contributed by atoms with Crippen LogP contribution in [0.3, 0.4) is 0 Å². The van der Waals surface area contributed by atoms with Crippen LogP contribution >= 0.6 is 0 Å². The highest BCUT2D eigenvalue weighted by Gasteiger charge is 2.24. The number of nitrogens with one attached hydrogen (secondary N) is 1. The molecule has 192 valence electrons. The fourth-order valence-corrected chi connectivity index (χ4v) is 4.01. The van der Waals surface area contributed by atoms with Crippen molar-refractivity contribution >= 4 is 11.8 Å². The number of halogens is 2. The smallest absolute Gasteiger partial charge is 0.336 e. The normalized spacial score (nSPS) is 13.0. The quantitative estimate of drug-likeness (QED) is 0.338. The lowest BCUT2D eigenvalue weighted by Crippen LogP contribution is -2.29. The number of hydrogen-bond acceptors (Lipinski definition) is 8. The summed E-state index contributed by atoms with van der Waals surface area (Å²) in [6, 6.07) is 11.3. The van der Waals surface area contributed by atoms with Gasteiger partial charge in [0, 0.05) is 30.8 Å². The van der Waals surface area contributed by atoms with Crippen LogP contribution in [-0.2, 0) is 0 Å². The molecule has 0 unspecified atom stereocenters. The number of carbonyl (C=O) groups is 1. The maximum absolute atomic E-state index is 14.6. The van der Waals surface area contributed by atoms with Gasteiger partial charge in [-0.3, -0.25) is 0 Å². The summed E-state index contributed by atoms with van der Waals surface area (Å²) in [6.45, 7) is 2.82. The van der Waals surface area contributed by atoms with E-state index in [1.165, 1.54) is 48.8 Å².